The molecule has 2 fully saturated rings. The van der Waals surface area contributed by atoms with E-state index < -0.39 is 0 Å². The van der Waals surface area contributed by atoms with Crippen molar-refractivity contribution in [3.8, 4) is 0 Å². The third-order valence-electron chi connectivity index (χ3n) is 3.85. The SMILES string of the molecule is Clc1ccc(N2CCC3CCNC2CC3)nn1. The van der Waals surface area contributed by atoms with E-state index in [1.165, 1.54) is 25.7 Å². The van der Waals surface area contributed by atoms with Gasteiger partial charge in [-0.05, 0) is 50.3 Å². The fourth-order valence-corrected chi connectivity index (χ4v) is 2.96. The summed E-state index contributed by atoms with van der Waals surface area (Å²) in [6, 6.07) is 3.78. The molecule has 1 N–H and O–H groups in total. The van der Waals surface area contributed by atoms with Crippen LogP contribution in [0.4, 0.5) is 5.82 Å². The topological polar surface area (TPSA) is 41.0 Å². The number of halogens is 1. The second-order valence-corrected chi connectivity index (χ2v) is 5.29. The molecule has 2 aliphatic rings. The van der Waals surface area contributed by atoms with E-state index in [9.17, 15) is 0 Å². The zero-order valence-corrected chi connectivity index (χ0v) is 10.5. The zero-order chi connectivity index (χ0) is 11.7. The summed E-state index contributed by atoms with van der Waals surface area (Å²) >= 11 is 5.78. The molecule has 0 saturated carbocycles. The van der Waals surface area contributed by atoms with Gasteiger partial charge in [0.2, 0.25) is 0 Å². The average Bonchev–Trinajstić information content (AvgIpc) is 2.65. The van der Waals surface area contributed by atoms with E-state index in [2.05, 4.69) is 20.4 Å². The van der Waals surface area contributed by atoms with Crippen molar-refractivity contribution in [1.82, 2.24) is 15.5 Å². The lowest BCUT2D eigenvalue weighted by Gasteiger charge is -2.32. The number of nitrogens with one attached hydrogen (secondary N) is 1. The molecule has 2 atom stereocenters. The van der Waals surface area contributed by atoms with E-state index in [-0.39, 0.29) is 0 Å². The molecule has 5 heteroatoms. The molecule has 2 bridgehead atoms. The van der Waals surface area contributed by atoms with Crippen LogP contribution in [0, 0.1) is 5.92 Å². The monoisotopic (exact) mass is 252 g/mol. The Morgan fingerprint density at radius 3 is 2.94 bits per heavy atom. The summed E-state index contributed by atoms with van der Waals surface area (Å²) in [6.45, 7) is 2.19. The molecule has 0 radical (unpaired) electrons. The minimum absolute atomic E-state index is 0.415. The first-order valence-electron chi connectivity index (χ1n) is 6.32. The van der Waals surface area contributed by atoms with Gasteiger partial charge >= 0.3 is 0 Å². The van der Waals surface area contributed by atoms with Gasteiger partial charge < -0.3 is 4.90 Å². The molecule has 1 aromatic rings. The standard InChI is InChI=1S/C12H17ClN4/c13-10-2-4-12(16-15-10)17-8-6-9-1-3-11(17)14-7-5-9/h2,4,9,11,14H,1,3,5-8H2. The molecule has 92 valence electrons. The molecule has 2 aliphatic heterocycles. The lowest BCUT2D eigenvalue weighted by Crippen LogP contribution is -2.46. The first-order chi connectivity index (χ1) is 8.33. The number of fused-ring (bicyclic) bond motifs is 3. The van der Waals surface area contributed by atoms with Crippen molar-refractivity contribution in [3.05, 3.63) is 17.3 Å². The molecule has 0 aromatic carbocycles. The van der Waals surface area contributed by atoms with Crippen LogP contribution in [0.5, 0.6) is 0 Å². The van der Waals surface area contributed by atoms with Crippen molar-refractivity contribution in [3.63, 3.8) is 0 Å². The summed E-state index contributed by atoms with van der Waals surface area (Å²) in [6.07, 6.45) is 5.53. The summed E-state index contributed by atoms with van der Waals surface area (Å²) < 4.78 is 0. The second-order valence-electron chi connectivity index (χ2n) is 4.90. The van der Waals surface area contributed by atoms with Gasteiger partial charge in [0.25, 0.3) is 0 Å². The Morgan fingerprint density at radius 1 is 1.18 bits per heavy atom. The zero-order valence-electron chi connectivity index (χ0n) is 9.77. The van der Waals surface area contributed by atoms with Crippen molar-refractivity contribution in [2.75, 3.05) is 18.0 Å². The summed E-state index contributed by atoms with van der Waals surface area (Å²) in [5, 5.41) is 12.2. The fraction of sp³-hybridized carbons (Fsp3) is 0.667. The Labute approximate surface area is 106 Å². The number of anilines is 1. The van der Waals surface area contributed by atoms with Crippen molar-refractivity contribution in [2.45, 2.75) is 31.8 Å². The van der Waals surface area contributed by atoms with Gasteiger partial charge in [0.15, 0.2) is 11.0 Å². The van der Waals surface area contributed by atoms with E-state index in [0.29, 0.717) is 11.3 Å². The fourth-order valence-electron chi connectivity index (χ4n) is 2.86. The van der Waals surface area contributed by atoms with Crippen LogP contribution < -0.4 is 10.2 Å². The molecular weight excluding hydrogens is 236 g/mol. The molecule has 0 amide bonds. The number of hydrogen-bond donors (Lipinski definition) is 1. The highest BCUT2D eigenvalue weighted by atomic mass is 35.5. The molecule has 2 saturated heterocycles. The second kappa shape index (κ2) is 4.78. The van der Waals surface area contributed by atoms with Gasteiger partial charge in [-0.3, -0.25) is 5.32 Å². The maximum atomic E-state index is 5.78. The van der Waals surface area contributed by atoms with Crippen LogP contribution >= 0.6 is 11.6 Å². The van der Waals surface area contributed by atoms with Gasteiger partial charge in [-0.25, -0.2) is 0 Å². The molecule has 2 unspecified atom stereocenters. The Kier molecular flexibility index (Phi) is 3.16. The first-order valence-corrected chi connectivity index (χ1v) is 6.70. The quantitative estimate of drug-likeness (QED) is 0.831. The van der Waals surface area contributed by atoms with Crippen molar-refractivity contribution < 1.29 is 0 Å². The van der Waals surface area contributed by atoms with Crippen LogP contribution in [-0.2, 0) is 0 Å². The highest BCUT2D eigenvalue weighted by Crippen LogP contribution is 2.28. The summed E-state index contributed by atoms with van der Waals surface area (Å²) in [5.41, 5.74) is 0. The Hall–Kier alpha value is -0.870. The van der Waals surface area contributed by atoms with E-state index >= 15 is 0 Å². The summed E-state index contributed by atoms with van der Waals surface area (Å²) in [7, 11) is 0. The van der Waals surface area contributed by atoms with Crippen molar-refractivity contribution >= 4 is 17.4 Å². The van der Waals surface area contributed by atoms with Gasteiger partial charge in [-0.1, -0.05) is 11.6 Å². The molecule has 1 aromatic heterocycles. The minimum atomic E-state index is 0.415. The molecule has 0 aliphatic carbocycles. The third-order valence-corrected chi connectivity index (χ3v) is 4.05. The van der Waals surface area contributed by atoms with Gasteiger partial charge in [-0.2, -0.15) is 0 Å². The maximum Gasteiger partial charge on any atom is 0.152 e. The smallest absolute Gasteiger partial charge is 0.152 e. The van der Waals surface area contributed by atoms with E-state index in [1.807, 2.05) is 12.1 Å². The maximum absolute atomic E-state index is 5.78. The van der Waals surface area contributed by atoms with Gasteiger partial charge in [0.1, 0.15) is 0 Å². The van der Waals surface area contributed by atoms with Crippen LogP contribution in [0.2, 0.25) is 5.15 Å². The predicted octanol–water partition coefficient (Wildman–Crippen LogP) is 2.06. The molecule has 3 heterocycles. The highest BCUT2D eigenvalue weighted by Gasteiger charge is 2.28. The Balaban J connectivity index is 1.84. The average molecular weight is 253 g/mol. The van der Waals surface area contributed by atoms with Crippen LogP contribution in [0.15, 0.2) is 12.1 Å². The number of aromatic nitrogens is 2. The Bertz CT molecular complexity index is 381. The van der Waals surface area contributed by atoms with Gasteiger partial charge in [-0.15, -0.1) is 10.2 Å². The lowest BCUT2D eigenvalue weighted by molar-refractivity contribution is 0.433. The Morgan fingerprint density at radius 2 is 2.12 bits per heavy atom. The number of rotatable bonds is 1. The normalized spacial score (nSPS) is 28.9. The summed E-state index contributed by atoms with van der Waals surface area (Å²) in [4.78, 5) is 2.34. The molecule has 0 spiro atoms. The van der Waals surface area contributed by atoms with Crippen LogP contribution in [0.3, 0.4) is 0 Å². The summed E-state index contributed by atoms with van der Waals surface area (Å²) in [5.74, 6) is 1.81. The lowest BCUT2D eigenvalue weighted by atomic mass is 9.98. The van der Waals surface area contributed by atoms with Crippen molar-refractivity contribution in [1.29, 1.82) is 0 Å². The molecular formula is C12H17ClN4. The highest BCUT2D eigenvalue weighted by molar-refractivity contribution is 6.29. The third kappa shape index (κ3) is 2.38. The van der Waals surface area contributed by atoms with E-state index in [0.717, 1.165) is 24.8 Å². The van der Waals surface area contributed by atoms with Crippen molar-refractivity contribution in [2.24, 2.45) is 5.92 Å². The molecule has 3 rings (SSSR count). The van der Waals surface area contributed by atoms with Crippen LogP contribution in [0.1, 0.15) is 25.7 Å². The van der Waals surface area contributed by atoms with Gasteiger partial charge in [0.05, 0.1) is 6.17 Å². The van der Waals surface area contributed by atoms with Crippen LogP contribution in [-0.4, -0.2) is 29.5 Å². The molecule has 17 heavy (non-hydrogen) atoms. The van der Waals surface area contributed by atoms with E-state index in [4.69, 9.17) is 11.6 Å². The molecule has 4 nitrogen and oxygen atoms in total. The largest absolute Gasteiger partial charge is 0.340 e. The van der Waals surface area contributed by atoms with Gasteiger partial charge in [0, 0.05) is 6.54 Å². The minimum Gasteiger partial charge on any atom is -0.340 e. The number of nitrogens with zero attached hydrogens (tertiary/aromatic N) is 3. The van der Waals surface area contributed by atoms with E-state index in [1.54, 1.807) is 0 Å². The first kappa shape index (κ1) is 11.2. The number of hydrogen-bond acceptors (Lipinski definition) is 4. The van der Waals surface area contributed by atoms with Crippen LogP contribution in [0.25, 0.3) is 0 Å². The predicted molar refractivity (Wildman–Crippen MR) is 68.1 cm³/mol.